The van der Waals surface area contributed by atoms with Crippen LogP contribution in [-0.2, 0) is 13.0 Å². The summed E-state index contributed by atoms with van der Waals surface area (Å²) in [5.41, 5.74) is 6.83. The van der Waals surface area contributed by atoms with E-state index in [1.807, 2.05) is 17.7 Å². The van der Waals surface area contributed by atoms with Gasteiger partial charge in [0.05, 0.1) is 23.6 Å². The number of benzene rings is 2. The molecule has 140 valence electrons. The van der Waals surface area contributed by atoms with Crippen LogP contribution in [0.25, 0.3) is 0 Å². The Morgan fingerprint density at radius 1 is 1.00 bits per heavy atom. The summed E-state index contributed by atoms with van der Waals surface area (Å²) in [5, 5.41) is 11.9. The third kappa shape index (κ3) is 5.17. The van der Waals surface area contributed by atoms with Gasteiger partial charge in [-0.3, -0.25) is 4.68 Å². The van der Waals surface area contributed by atoms with Crippen LogP contribution in [0.15, 0.2) is 54.6 Å². The second-order valence-corrected chi connectivity index (χ2v) is 7.22. The lowest BCUT2D eigenvalue weighted by molar-refractivity contribution is 0.659. The molecule has 0 atom stereocenters. The quantitative estimate of drug-likeness (QED) is 0.625. The van der Waals surface area contributed by atoms with Crippen LogP contribution >= 0.6 is 12.2 Å². The summed E-state index contributed by atoms with van der Waals surface area (Å²) >= 11 is 5.47. The third-order valence-electron chi connectivity index (χ3n) is 4.58. The van der Waals surface area contributed by atoms with Gasteiger partial charge in [0.2, 0.25) is 0 Å². The molecule has 0 aliphatic rings. The summed E-state index contributed by atoms with van der Waals surface area (Å²) in [5.74, 6) is 0. The van der Waals surface area contributed by atoms with Crippen LogP contribution in [0.3, 0.4) is 0 Å². The Hall–Kier alpha value is -2.66. The number of hydrogen-bond donors (Lipinski definition) is 2. The number of aryl methyl sites for hydroxylation is 2. The molecule has 2 aromatic carbocycles. The Bertz CT molecular complexity index is 915. The van der Waals surface area contributed by atoms with E-state index in [0.717, 1.165) is 36.6 Å². The molecule has 1 aromatic heterocycles. The van der Waals surface area contributed by atoms with Gasteiger partial charge in [0.15, 0.2) is 5.11 Å². The number of nitrogens with zero attached hydrogens (tertiary/aromatic N) is 2. The highest BCUT2D eigenvalue weighted by Crippen LogP contribution is 2.20. The fourth-order valence-electron chi connectivity index (χ4n) is 3.14. The molecule has 0 saturated carbocycles. The van der Waals surface area contributed by atoms with E-state index in [4.69, 9.17) is 12.2 Å². The highest BCUT2D eigenvalue weighted by Gasteiger charge is 2.13. The molecular weight excluding hydrogens is 352 g/mol. The van der Waals surface area contributed by atoms with Gasteiger partial charge >= 0.3 is 0 Å². The van der Waals surface area contributed by atoms with Gasteiger partial charge in [-0.15, -0.1) is 0 Å². The van der Waals surface area contributed by atoms with E-state index in [-0.39, 0.29) is 0 Å². The van der Waals surface area contributed by atoms with E-state index in [9.17, 15) is 0 Å². The van der Waals surface area contributed by atoms with Crippen LogP contribution in [0, 0.1) is 20.8 Å². The van der Waals surface area contributed by atoms with E-state index in [2.05, 4.69) is 78.1 Å². The summed E-state index contributed by atoms with van der Waals surface area (Å²) in [6, 6.07) is 18.9. The molecule has 0 radical (unpaired) electrons. The lowest BCUT2D eigenvalue weighted by atomic mass is 10.1. The van der Waals surface area contributed by atoms with Crippen LogP contribution in [0.1, 0.15) is 28.1 Å². The maximum atomic E-state index is 5.47. The van der Waals surface area contributed by atoms with Gasteiger partial charge < -0.3 is 10.6 Å². The van der Waals surface area contributed by atoms with Crippen molar-refractivity contribution >= 4 is 23.0 Å². The molecule has 0 amide bonds. The number of anilines is 1. The van der Waals surface area contributed by atoms with Crippen molar-refractivity contribution < 1.29 is 0 Å². The smallest absolute Gasteiger partial charge is 0.170 e. The summed E-state index contributed by atoms with van der Waals surface area (Å²) in [6.45, 7) is 7.74. The zero-order chi connectivity index (χ0) is 19.2. The molecule has 3 rings (SSSR count). The van der Waals surface area contributed by atoms with Gasteiger partial charge in [0.1, 0.15) is 0 Å². The average Bonchev–Trinajstić information content (AvgIpc) is 2.90. The van der Waals surface area contributed by atoms with Crippen molar-refractivity contribution in [2.45, 2.75) is 33.7 Å². The van der Waals surface area contributed by atoms with Crippen molar-refractivity contribution in [2.75, 3.05) is 11.9 Å². The maximum Gasteiger partial charge on any atom is 0.170 e. The SMILES string of the molecule is Cc1cccc(Cn2nc(C)c(NC(=S)NCCc3ccccc3)c2C)c1. The molecule has 0 spiro atoms. The van der Waals surface area contributed by atoms with Crippen LogP contribution in [0.5, 0.6) is 0 Å². The largest absolute Gasteiger partial charge is 0.362 e. The van der Waals surface area contributed by atoms with E-state index in [0.29, 0.717) is 5.11 Å². The average molecular weight is 379 g/mol. The van der Waals surface area contributed by atoms with Crippen LogP contribution < -0.4 is 10.6 Å². The van der Waals surface area contributed by atoms with Gasteiger partial charge in [0, 0.05) is 6.54 Å². The minimum atomic E-state index is 0.632. The summed E-state index contributed by atoms with van der Waals surface area (Å²) < 4.78 is 2.03. The number of nitrogens with one attached hydrogen (secondary N) is 2. The predicted octanol–water partition coefficient (Wildman–Crippen LogP) is 4.39. The van der Waals surface area contributed by atoms with Crippen molar-refractivity contribution in [3.63, 3.8) is 0 Å². The fraction of sp³-hybridized carbons (Fsp3) is 0.273. The first-order valence-corrected chi connectivity index (χ1v) is 9.62. The first-order valence-electron chi connectivity index (χ1n) is 9.21. The molecule has 1 heterocycles. The van der Waals surface area contributed by atoms with Crippen molar-refractivity contribution in [3.8, 4) is 0 Å². The first-order chi connectivity index (χ1) is 13.0. The molecule has 0 bridgehead atoms. The molecule has 0 unspecified atom stereocenters. The number of aromatic nitrogens is 2. The molecular formula is C22H26N4S. The fourth-order valence-corrected chi connectivity index (χ4v) is 3.34. The Balaban J connectivity index is 1.59. The monoisotopic (exact) mass is 378 g/mol. The molecule has 4 nitrogen and oxygen atoms in total. The molecule has 0 aliphatic heterocycles. The van der Waals surface area contributed by atoms with Crippen molar-refractivity contribution in [2.24, 2.45) is 0 Å². The second kappa shape index (κ2) is 8.82. The minimum Gasteiger partial charge on any atom is -0.362 e. The van der Waals surface area contributed by atoms with E-state index < -0.39 is 0 Å². The van der Waals surface area contributed by atoms with Gasteiger partial charge in [-0.25, -0.2) is 0 Å². The van der Waals surface area contributed by atoms with Gasteiger partial charge in [-0.1, -0.05) is 60.2 Å². The van der Waals surface area contributed by atoms with E-state index in [1.165, 1.54) is 16.7 Å². The summed E-state index contributed by atoms with van der Waals surface area (Å²) in [6.07, 6.45) is 0.938. The normalized spacial score (nSPS) is 10.6. The highest BCUT2D eigenvalue weighted by molar-refractivity contribution is 7.80. The summed E-state index contributed by atoms with van der Waals surface area (Å²) in [7, 11) is 0. The molecule has 0 fully saturated rings. The first kappa shape index (κ1) is 19.1. The van der Waals surface area contributed by atoms with E-state index >= 15 is 0 Å². The lowest BCUT2D eigenvalue weighted by Crippen LogP contribution is -2.30. The predicted molar refractivity (Wildman–Crippen MR) is 116 cm³/mol. The number of hydrogen-bond acceptors (Lipinski definition) is 2. The third-order valence-corrected chi connectivity index (χ3v) is 4.82. The van der Waals surface area contributed by atoms with E-state index in [1.54, 1.807) is 0 Å². The zero-order valence-electron chi connectivity index (χ0n) is 16.1. The maximum absolute atomic E-state index is 5.47. The molecule has 2 N–H and O–H groups in total. The zero-order valence-corrected chi connectivity index (χ0v) is 16.9. The molecule has 0 saturated heterocycles. The van der Waals surface area contributed by atoms with Crippen molar-refractivity contribution in [1.82, 2.24) is 15.1 Å². The van der Waals surface area contributed by atoms with Gasteiger partial charge in [0.25, 0.3) is 0 Å². The molecule has 5 heteroatoms. The summed E-state index contributed by atoms with van der Waals surface area (Å²) in [4.78, 5) is 0. The lowest BCUT2D eigenvalue weighted by Gasteiger charge is -2.11. The molecule has 27 heavy (non-hydrogen) atoms. The van der Waals surface area contributed by atoms with Crippen LogP contribution in [0.4, 0.5) is 5.69 Å². The Morgan fingerprint density at radius 3 is 2.48 bits per heavy atom. The minimum absolute atomic E-state index is 0.632. The standard InChI is InChI=1S/C22H26N4S/c1-16-8-7-11-20(14-16)15-26-18(3)21(17(2)25-26)24-22(27)23-13-12-19-9-5-4-6-10-19/h4-11,14H,12-13,15H2,1-3H3,(H2,23,24,27). The van der Waals surface area contributed by atoms with Gasteiger partial charge in [-0.2, -0.15) is 5.10 Å². The van der Waals surface area contributed by atoms with Crippen LogP contribution in [-0.4, -0.2) is 21.4 Å². The van der Waals surface area contributed by atoms with Crippen LogP contribution in [0.2, 0.25) is 0 Å². The number of thiocarbonyl (C=S) groups is 1. The van der Waals surface area contributed by atoms with Crippen molar-refractivity contribution in [3.05, 3.63) is 82.7 Å². The topological polar surface area (TPSA) is 41.9 Å². The Morgan fingerprint density at radius 2 is 1.74 bits per heavy atom. The second-order valence-electron chi connectivity index (χ2n) is 6.81. The van der Waals surface area contributed by atoms with Gasteiger partial charge in [-0.05, 0) is 50.5 Å². The van der Waals surface area contributed by atoms with Crippen molar-refractivity contribution in [1.29, 1.82) is 0 Å². The highest BCUT2D eigenvalue weighted by atomic mass is 32.1. The number of rotatable bonds is 6. The molecule has 0 aliphatic carbocycles. The Labute approximate surface area is 166 Å². The molecule has 3 aromatic rings. The Kier molecular flexibility index (Phi) is 6.24.